The van der Waals surface area contributed by atoms with Crippen LogP contribution in [0, 0.1) is 0 Å². The number of nitrogens with zero attached hydrogens (tertiary/aromatic N) is 2. The minimum absolute atomic E-state index is 0. The first kappa shape index (κ1) is 20.4. The summed E-state index contributed by atoms with van der Waals surface area (Å²) in [5.74, 6) is -0.0839. The summed E-state index contributed by atoms with van der Waals surface area (Å²) in [5.41, 5.74) is 3.85. The molecule has 136 valence electrons. The molecule has 3 aromatic rings. The fourth-order valence-corrected chi connectivity index (χ4v) is 3.63. The van der Waals surface area contributed by atoms with E-state index in [1.807, 2.05) is 48.5 Å². The number of amides is 1. The fourth-order valence-electron chi connectivity index (χ4n) is 2.51. The van der Waals surface area contributed by atoms with Crippen LogP contribution in [0.1, 0.15) is 13.8 Å². The highest BCUT2D eigenvalue weighted by Crippen LogP contribution is 2.23. The van der Waals surface area contributed by atoms with E-state index in [9.17, 15) is 4.79 Å². The molecule has 3 rings (SSSR count). The smallest absolute Gasteiger partial charge is 0.221 e. The van der Waals surface area contributed by atoms with E-state index in [1.54, 1.807) is 11.3 Å². The zero-order valence-electron chi connectivity index (χ0n) is 14.4. The molecule has 0 saturated heterocycles. The Bertz CT molecular complexity index is 946. The van der Waals surface area contributed by atoms with Gasteiger partial charge in [0.1, 0.15) is 0 Å². The topological polar surface area (TPSA) is 46.4 Å². The van der Waals surface area contributed by atoms with Gasteiger partial charge >= 0.3 is 0 Å². The zero-order chi connectivity index (χ0) is 17.8. The number of carbonyl (C=O) groups excluding carboxylic acids is 1. The van der Waals surface area contributed by atoms with Crippen LogP contribution in [0.4, 0.5) is 11.4 Å². The molecular weight excluding hydrogens is 434 g/mol. The Morgan fingerprint density at radius 3 is 2.38 bits per heavy atom. The minimum atomic E-state index is -0.0839. The number of halogens is 2. The van der Waals surface area contributed by atoms with Crippen LogP contribution >= 0.6 is 39.9 Å². The molecule has 0 radical (unpaired) electrons. The van der Waals surface area contributed by atoms with Crippen molar-refractivity contribution in [2.75, 3.05) is 5.32 Å². The summed E-state index contributed by atoms with van der Waals surface area (Å²) in [6.07, 6.45) is 0. The Labute approximate surface area is 171 Å². The van der Waals surface area contributed by atoms with Gasteiger partial charge in [0.25, 0.3) is 0 Å². The van der Waals surface area contributed by atoms with E-state index in [-0.39, 0.29) is 22.9 Å². The third-order valence-corrected chi connectivity index (χ3v) is 4.78. The number of anilines is 1. The molecule has 0 atom stereocenters. The molecule has 1 amide bonds. The molecule has 0 fully saturated rings. The van der Waals surface area contributed by atoms with Crippen molar-refractivity contribution in [1.29, 1.82) is 0 Å². The summed E-state index contributed by atoms with van der Waals surface area (Å²) in [6, 6.07) is 15.3. The number of carbonyl (C=O) groups is 1. The molecule has 0 aliphatic carbocycles. The first-order valence-electron chi connectivity index (χ1n) is 7.93. The molecule has 2 aromatic carbocycles. The van der Waals surface area contributed by atoms with E-state index in [1.165, 1.54) is 6.92 Å². The Kier molecular flexibility index (Phi) is 7.20. The van der Waals surface area contributed by atoms with Gasteiger partial charge in [0.2, 0.25) is 5.91 Å². The predicted molar refractivity (Wildman–Crippen MR) is 115 cm³/mol. The van der Waals surface area contributed by atoms with Crippen LogP contribution in [0.3, 0.4) is 0 Å². The summed E-state index contributed by atoms with van der Waals surface area (Å²) in [4.78, 5) is 16.8. The number of aromatic nitrogens is 1. The van der Waals surface area contributed by atoms with Crippen molar-refractivity contribution in [1.82, 2.24) is 4.57 Å². The van der Waals surface area contributed by atoms with E-state index in [0.29, 0.717) is 0 Å². The van der Waals surface area contributed by atoms with Crippen LogP contribution in [0.5, 0.6) is 0 Å². The van der Waals surface area contributed by atoms with Crippen LogP contribution in [0.15, 0.2) is 58.9 Å². The maximum Gasteiger partial charge on any atom is 0.221 e. The van der Waals surface area contributed by atoms with Crippen molar-refractivity contribution in [3.8, 4) is 11.3 Å². The molecule has 0 spiro atoms. The third kappa shape index (κ3) is 4.84. The van der Waals surface area contributed by atoms with Gasteiger partial charge in [0, 0.05) is 29.6 Å². The summed E-state index contributed by atoms with van der Waals surface area (Å²) in [6.45, 7) is 4.42. The van der Waals surface area contributed by atoms with Crippen molar-refractivity contribution < 1.29 is 4.79 Å². The molecule has 0 unspecified atom stereocenters. The van der Waals surface area contributed by atoms with E-state index in [4.69, 9.17) is 16.6 Å². The standard InChI is InChI=1S/C19H18ClN3OS.BrH/c1-3-23-18(14-4-6-15(20)7-5-14)12-25-19(23)22-17-10-8-16(9-11-17)21-13(2)24;/h4-12H,3H2,1-2H3,(H,21,24);1H. The molecule has 4 nitrogen and oxygen atoms in total. The lowest BCUT2D eigenvalue weighted by atomic mass is 10.2. The summed E-state index contributed by atoms with van der Waals surface area (Å²) in [5, 5.41) is 5.59. The molecule has 0 aliphatic rings. The van der Waals surface area contributed by atoms with Gasteiger partial charge in [-0.25, -0.2) is 4.99 Å². The molecule has 0 bridgehead atoms. The Balaban J connectivity index is 0.00000243. The number of thiazole rings is 1. The molecule has 26 heavy (non-hydrogen) atoms. The number of nitrogens with one attached hydrogen (secondary N) is 1. The second-order valence-electron chi connectivity index (χ2n) is 5.49. The van der Waals surface area contributed by atoms with E-state index >= 15 is 0 Å². The highest BCUT2D eigenvalue weighted by atomic mass is 79.9. The number of hydrogen-bond acceptors (Lipinski definition) is 3. The monoisotopic (exact) mass is 451 g/mol. The highest BCUT2D eigenvalue weighted by Gasteiger charge is 2.07. The van der Waals surface area contributed by atoms with Crippen molar-refractivity contribution in [3.63, 3.8) is 0 Å². The first-order valence-corrected chi connectivity index (χ1v) is 9.19. The molecule has 7 heteroatoms. The lowest BCUT2D eigenvalue weighted by Gasteiger charge is -2.06. The van der Waals surface area contributed by atoms with Crippen molar-refractivity contribution in [3.05, 3.63) is 63.7 Å². The van der Waals surface area contributed by atoms with Gasteiger partial charge in [0.15, 0.2) is 4.80 Å². The Morgan fingerprint density at radius 2 is 1.81 bits per heavy atom. The molecular formula is C19H19BrClN3OS. The quantitative estimate of drug-likeness (QED) is 0.545. The van der Waals surface area contributed by atoms with Crippen LogP contribution in [-0.4, -0.2) is 10.5 Å². The first-order chi connectivity index (χ1) is 12.1. The maximum atomic E-state index is 11.1. The van der Waals surface area contributed by atoms with Gasteiger partial charge in [-0.05, 0) is 48.9 Å². The van der Waals surface area contributed by atoms with Crippen LogP contribution in [0.2, 0.25) is 5.02 Å². The van der Waals surface area contributed by atoms with Crippen molar-refractivity contribution >= 4 is 57.2 Å². The average molecular weight is 453 g/mol. The van der Waals surface area contributed by atoms with Gasteiger partial charge in [-0.3, -0.25) is 4.79 Å². The molecule has 0 saturated carbocycles. The van der Waals surface area contributed by atoms with Crippen LogP contribution in [0.25, 0.3) is 11.3 Å². The largest absolute Gasteiger partial charge is 0.326 e. The van der Waals surface area contributed by atoms with Crippen molar-refractivity contribution in [2.45, 2.75) is 20.4 Å². The van der Waals surface area contributed by atoms with Crippen LogP contribution in [-0.2, 0) is 11.3 Å². The second kappa shape index (κ2) is 9.16. The van der Waals surface area contributed by atoms with Gasteiger partial charge in [-0.2, -0.15) is 0 Å². The van der Waals surface area contributed by atoms with Crippen LogP contribution < -0.4 is 10.1 Å². The number of benzene rings is 2. The van der Waals surface area contributed by atoms with E-state index < -0.39 is 0 Å². The van der Waals surface area contributed by atoms with Gasteiger partial charge < -0.3 is 9.88 Å². The highest BCUT2D eigenvalue weighted by molar-refractivity contribution is 8.93. The second-order valence-corrected chi connectivity index (χ2v) is 6.77. The van der Waals surface area contributed by atoms with Crippen molar-refractivity contribution in [2.24, 2.45) is 4.99 Å². The normalized spacial score (nSPS) is 11.1. The number of hydrogen-bond donors (Lipinski definition) is 1. The molecule has 1 aromatic heterocycles. The van der Waals surface area contributed by atoms with E-state index in [0.717, 1.165) is 39.0 Å². The summed E-state index contributed by atoms with van der Waals surface area (Å²) in [7, 11) is 0. The molecule has 0 aliphatic heterocycles. The molecule has 1 N–H and O–H groups in total. The van der Waals surface area contributed by atoms with Gasteiger partial charge in [-0.15, -0.1) is 28.3 Å². The lowest BCUT2D eigenvalue weighted by molar-refractivity contribution is -0.114. The van der Waals surface area contributed by atoms with Gasteiger partial charge in [0.05, 0.1) is 11.4 Å². The van der Waals surface area contributed by atoms with E-state index in [2.05, 4.69) is 22.2 Å². The Morgan fingerprint density at radius 1 is 1.15 bits per heavy atom. The maximum absolute atomic E-state index is 11.1. The SMILES string of the molecule is Br.CCn1c(-c2ccc(Cl)cc2)csc1=Nc1ccc(NC(C)=O)cc1. The molecule has 1 heterocycles. The fraction of sp³-hybridized carbons (Fsp3) is 0.158. The summed E-state index contributed by atoms with van der Waals surface area (Å²) >= 11 is 7.58. The predicted octanol–water partition coefficient (Wildman–Crippen LogP) is 5.66. The summed E-state index contributed by atoms with van der Waals surface area (Å²) < 4.78 is 2.18. The average Bonchev–Trinajstić information content (AvgIpc) is 2.99. The number of rotatable bonds is 4. The Hall–Kier alpha value is -1.89. The third-order valence-electron chi connectivity index (χ3n) is 3.67. The zero-order valence-corrected chi connectivity index (χ0v) is 17.7. The lowest BCUT2D eigenvalue weighted by Crippen LogP contribution is -2.14. The minimum Gasteiger partial charge on any atom is -0.326 e. The van der Waals surface area contributed by atoms with Gasteiger partial charge in [-0.1, -0.05) is 23.7 Å².